The third kappa shape index (κ3) is 3.59. The van der Waals surface area contributed by atoms with Gasteiger partial charge in [0, 0.05) is 0 Å². The van der Waals surface area contributed by atoms with Gasteiger partial charge in [0.25, 0.3) is 0 Å². The Morgan fingerprint density at radius 2 is 2.31 bits per heavy atom. The molecule has 0 aliphatic carbocycles. The van der Waals surface area contributed by atoms with Crippen LogP contribution in [0, 0.1) is 5.92 Å². The molecule has 0 aliphatic rings. The molecular formula is C10H19N2O+. The molecule has 0 aliphatic heterocycles. The topological polar surface area (TPSA) is 18.0 Å². The van der Waals surface area contributed by atoms with Crippen LogP contribution in [0.2, 0.25) is 0 Å². The van der Waals surface area contributed by atoms with E-state index in [1.165, 1.54) is 6.42 Å². The Bertz CT molecular complexity index is 245. The highest BCUT2D eigenvalue weighted by molar-refractivity contribution is 4.63. The molecule has 0 bridgehead atoms. The van der Waals surface area contributed by atoms with Crippen LogP contribution < -0.4 is 4.57 Å². The van der Waals surface area contributed by atoms with Crippen molar-refractivity contribution >= 4 is 0 Å². The Kier molecular flexibility index (Phi) is 3.96. The second-order valence-corrected chi connectivity index (χ2v) is 3.61. The molecular weight excluding hydrogens is 164 g/mol. The summed E-state index contributed by atoms with van der Waals surface area (Å²) < 4.78 is 9.57. The lowest BCUT2D eigenvalue weighted by molar-refractivity contribution is -0.671. The minimum Gasteiger partial charge on any atom is -0.341 e. The summed E-state index contributed by atoms with van der Waals surface area (Å²) in [6.07, 6.45) is 7.21. The van der Waals surface area contributed by atoms with Crippen LogP contribution in [0.5, 0.6) is 0 Å². The molecule has 0 radical (unpaired) electrons. The van der Waals surface area contributed by atoms with Crippen LogP contribution in [0.3, 0.4) is 0 Å². The third-order valence-corrected chi connectivity index (χ3v) is 2.16. The van der Waals surface area contributed by atoms with E-state index >= 15 is 0 Å². The SMILES string of the molecule is CC[C@H](C)COCn1cc[n+](C)c1. The Labute approximate surface area is 79.9 Å². The van der Waals surface area contributed by atoms with Gasteiger partial charge in [0.15, 0.2) is 6.73 Å². The molecule has 0 saturated heterocycles. The van der Waals surface area contributed by atoms with Crippen molar-refractivity contribution in [3.63, 3.8) is 0 Å². The van der Waals surface area contributed by atoms with Crippen LogP contribution in [0.1, 0.15) is 20.3 Å². The highest BCUT2D eigenvalue weighted by Crippen LogP contribution is 2.00. The maximum absolute atomic E-state index is 5.54. The fraction of sp³-hybridized carbons (Fsp3) is 0.700. The van der Waals surface area contributed by atoms with Crippen LogP contribution in [0.25, 0.3) is 0 Å². The number of hydrogen-bond donors (Lipinski definition) is 0. The van der Waals surface area contributed by atoms with E-state index in [9.17, 15) is 0 Å². The largest absolute Gasteiger partial charge is 0.341 e. The summed E-state index contributed by atoms with van der Waals surface area (Å²) in [5.41, 5.74) is 0. The van der Waals surface area contributed by atoms with E-state index in [1.807, 2.05) is 34.9 Å². The number of imidazole rings is 1. The van der Waals surface area contributed by atoms with Crippen LogP contribution >= 0.6 is 0 Å². The molecule has 0 amide bonds. The Morgan fingerprint density at radius 1 is 1.54 bits per heavy atom. The first-order chi connectivity index (χ1) is 6.22. The van der Waals surface area contributed by atoms with Crippen molar-refractivity contribution in [2.75, 3.05) is 6.61 Å². The van der Waals surface area contributed by atoms with Crippen molar-refractivity contribution in [2.24, 2.45) is 13.0 Å². The van der Waals surface area contributed by atoms with Gasteiger partial charge < -0.3 is 4.74 Å². The van der Waals surface area contributed by atoms with Gasteiger partial charge in [-0.25, -0.2) is 9.13 Å². The molecule has 3 heteroatoms. The number of aryl methyl sites for hydroxylation is 1. The van der Waals surface area contributed by atoms with E-state index in [-0.39, 0.29) is 0 Å². The highest BCUT2D eigenvalue weighted by atomic mass is 16.5. The van der Waals surface area contributed by atoms with Crippen molar-refractivity contribution in [2.45, 2.75) is 27.0 Å². The van der Waals surface area contributed by atoms with Crippen molar-refractivity contribution in [1.29, 1.82) is 0 Å². The van der Waals surface area contributed by atoms with Gasteiger partial charge in [0.1, 0.15) is 12.4 Å². The zero-order chi connectivity index (χ0) is 9.68. The number of ether oxygens (including phenoxy) is 1. The van der Waals surface area contributed by atoms with Gasteiger partial charge in [-0.1, -0.05) is 20.3 Å². The molecule has 1 rings (SSSR count). The van der Waals surface area contributed by atoms with Crippen molar-refractivity contribution in [3.8, 4) is 0 Å². The molecule has 0 saturated carbocycles. The number of nitrogens with zero attached hydrogens (tertiary/aromatic N) is 2. The van der Waals surface area contributed by atoms with Crippen molar-refractivity contribution < 1.29 is 9.30 Å². The summed E-state index contributed by atoms with van der Waals surface area (Å²) in [5.74, 6) is 0.657. The minimum absolute atomic E-state index is 0.657. The number of aromatic nitrogens is 2. The molecule has 13 heavy (non-hydrogen) atoms. The lowest BCUT2D eigenvalue weighted by atomic mass is 10.1. The summed E-state index contributed by atoms with van der Waals surface area (Å²) in [6.45, 7) is 5.89. The number of rotatable bonds is 5. The summed E-state index contributed by atoms with van der Waals surface area (Å²) in [7, 11) is 2.01. The van der Waals surface area contributed by atoms with E-state index in [0.29, 0.717) is 12.6 Å². The summed E-state index contributed by atoms with van der Waals surface area (Å²) >= 11 is 0. The Hall–Kier alpha value is -0.830. The van der Waals surface area contributed by atoms with Crippen LogP contribution in [-0.2, 0) is 18.5 Å². The fourth-order valence-corrected chi connectivity index (χ4v) is 1.06. The van der Waals surface area contributed by atoms with Gasteiger partial charge >= 0.3 is 0 Å². The van der Waals surface area contributed by atoms with E-state index in [4.69, 9.17) is 4.74 Å². The predicted molar refractivity (Wildman–Crippen MR) is 51.0 cm³/mol. The molecule has 1 aromatic rings. The standard InChI is InChI=1S/C10H19N2O/c1-4-10(2)7-13-9-12-6-5-11(3)8-12/h5-6,8,10H,4,7,9H2,1-3H3/q+1/t10-/m0/s1. The second kappa shape index (κ2) is 5.02. The summed E-state index contributed by atoms with van der Waals surface area (Å²) in [4.78, 5) is 0. The molecule has 0 aromatic carbocycles. The van der Waals surface area contributed by atoms with Gasteiger partial charge in [0.05, 0.1) is 13.7 Å². The smallest absolute Gasteiger partial charge is 0.245 e. The zero-order valence-corrected chi connectivity index (χ0v) is 8.73. The molecule has 1 aromatic heterocycles. The fourth-order valence-electron chi connectivity index (χ4n) is 1.06. The maximum atomic E-state index is 5.54. The molecule has 74 valence electrons. The van der Waals surface area contributed by atoms with Gasteiger partial charge in [-0.3, -0.25) is 0 Å². The quantitative estimate of drug-likeness (QED) is 0.630. The average molecular weight is 183 g/mol. The van der Waals surface area contributed by atoms with Gasteiger partial charge in [-0.05, 0) is 5.92 Å². The van der Waals surface area contributed by atoms with Gasteiger partial charge in [0.2, 0.25) is 6.33 Å². The Morgan fingerprint density at radius 3 is 2.85 bits per heavy atom. The van der Waals surface area contributed by atoms with Crippen LogP contribution in [-0.4, -0.2) is 11.2 Å². The van der Waals surface area contributed by atoms with Crippen molar-refractivity contribution in [3.05, 3.63) is 18.7 Å². The van der Waals surface area contributed by atoms with E-state index in [2.05, 4.69) is 13.8 Å². The lowest BCUT2D eigenvalue weighted by Gasteiger charge is -2.06. The molecule has 1 heterocycles. The van der Waals surface area contributed by atoms with Crippen LogP contribution in [0.4, 0.5) is 0 Å². The summed E-state index contributed by atoms with van der Waals surface area (Å²) in [6, 6.07) is 0. The first kappa shape index (κ1) is 10.3. The average Bonchev–Trinajstić information content (AvgIpc) is 2.51. The number of hydrogen-bond acceptors (Lipinski definition) is 1. The monoisotopic (exact) mass is 183 g/mol. The molecule has 3 nitrogen and oxygen atoms in total. The van der Waals surface area contributed by atoms with Crippen molar-refractivity contribution in [1.82, 2.24) is 4.57 Å². The minimum atomic E-state index is 0.657. The predicted octanol–water partition coefficient (Wildman–Crippen LogP) is 1.33. The van der Waals surface area contributed by atoms with E-state index < -0.39 is 0 Å². The zero-order valence-electron chi connectivity index (χ0n) is 8.73. The molecule has 1 atom stereocenters. The molecule has 0 spiro atoms. The molecule has 0 unspecified atom stereocenters. The first-order valence-corrected chi connectivity index (χ1v) is 4.81. The summed E-state index contributed by atoms with van der Waals surface area (Å²) in [5, 5.41) is 0. The molecule has 0 N–H and O–H groups in total. The van der Waals surface area contributed by atoms with Crippen LogP contribution in [0.15, 0.2) is 18.7 Å². The first-order valence-electron chi connectivity index (χ1n) is 4.81. The van der Waals surface area contributed by atoms with Gasteiger partial charge in [-0.2, -0.15) is 0 Å². The van der Waals surface area contributed by atoms with Gasteiger partial charge in [-0.15, -0.1) is 0 Å². The highest BCUT2D eigenvalue weighted by Gasteiger charge is 2.01. The maximum Gasteiger partial charge on any atom is 0.245 e. The molecule has 0 fully saturated rings. The second-order valence-electron chi connectivity index (χ2n) is 3.61. The lowest BCUT2D eigenvalue weighted by Crippen LogP contribution is -2.24. The Balaban J connectivity index is 2.20. The third-order valence-electron chi connectivity index (χ3n) is 2.16. The normalized spacial score (nSPS) is 13.2. The van der Waals surface area contributed by atoms with E-state index in [1.54, 1.807) is 0 Å². The van der Waals surface area contributed by atoms with E-state index in [0.717, 1.165) is 6.61 Å².